The summed E-state index contributed by atoms with van der Waals surface area (Å²) >= 11 is 0. The quantitative estimate of drug-likeness (QED) is 0.821. The van der Waals surface area contributed by atoms with E-state index in [1.165, 1.54) is 0 Å². The Bertz CT molecular complexity index is 622. The van der Waals surface area contributed by atoms with Crippen LogP contribution in [0.25, 0.3) is 0 Å². The molecule has 21 heavy (non-hydrogen) atoms. The summed E-state index contributed by atoms with van der Waals surface area (Å²) in [5, 5.41) is 0. The number of nitrogens with two attached hydrogens (primary N) is 1. The molecule has 0 aromatic heterocycles. The molecule has 1 unspecified atom stereocenters. The largest absolute Gasteiger partial charge is 0.399 e. The van der Waals surface area contributed by atoms with Crippen LogP contribution in [0.4, 0.5) is 14.5 Å². The third-order valence-corrected chi connectivity index (χ3v) is 5.16. The molecule has 1 atom stereocenters. The van der Waals surface area contributed by atoms with E-state index in [1.807, 2.05) is 7.05 Å². The van der Waals surface area contributed by atoms with E-state index in [1.54, 1.807) is 0 Å². The lowest BCUT2D eigenvalue weighted by Crippen LogP contribution is -2.44. The van der Waals surface area contributed by atoms with Crippen molar-refractivity contribution in [3.8, 4) is 0 Å². The molecule has 1 aromatic rings. The number of sulfonamides is 1. The molecule has 1 heterocycles. The Morgan fingerprint density at radius 2 is 2.10 bits per heavy atom. The van der Waals surface area contributed by atoms with E-state index in [4.69, 9.17) is 5.73 Å². The highest BCUT2D eigenvalue weighted by atomic mass is 32.2. The van der Waals surface area contributed by atoms with Gasteiger partial charge in [0.05, 0.1) is 0 Å². The van der Waals surface area contributed by atoms with E-state index in [9.17, 15) is 17.2 Å². The van der Waals surface area contributed by atoms with Gasteiger partial charge in [-0.05, 0) is 38.6 Å². The third kappa shape index (κ3) is 3.69. The monoisotopic (exact) mass is 319 g/mol. The van der Waals surface area contributed by atoms with Crippen molar-refractivity contribution in [1.82, 2.24) is 9.62 Å². The van der Waals surface area contributed by atoms with Crippen molar-refractivity contribution in [1.29, 1.82) is 0 Å². The molecule has 0 saturated carbocycles. The third-order valence-electron chi connectivity index (χ3n) is 3.74. The number of nitrogens with one attached hydrogen (secondary N) is 1. The van der Waals surface area contributed by atoms with Crippen LogP contribution in [0.2, 0.25) is 0 Å². The second-order valence-corrected chi connectivity index (χ2v) is 7.03. The topological polar surface area (TPSA) is 75.4 Å². The zero-order valence-electron chi connectivity index (χ0n) is 11.8. The molecule has 0 aliphatic carbocycles. The molecule has 0 radical (unpaired) electrons. The second-order valence-electron chi connectivity index (χ2n) is 5.30. The van der Waals surface area contributed by atoms with Crippen LogP contribution in [0, 0.1) is 11.6 Å². The predicted octanol–water partition coefficient (Wildman–Crippen LogP) is 1.31. The fourth-order valence-electron chi connectivity index (χ4n) is 2.47. The first-order valence-electron chi connectivity index (χ1n) is 6.75. The number of likely N-dealkylation sites (tertiary alicyclic amines) is 1. The fraction of sp³-hybridized carbons (Fsp3) is 0.538. The van der Waals surface area contributed by atoms with Crippen LogP contribution in [0.1, 0.15) is 19.3 Å². The van der Waals surface area contributed by atoms with Crippen molar-refractivity contribution in [2.75, 3.05) is 25.9 Å². The number of piperidine rings is 1. The highest BCUT2D eigenvalue weighted by Crippen LogP contribution is 2.21. The summed E-state index contributed by atoms with van der Waals surface area (Å²) in [4.78, 5) is 1.31. The summed E-state index contributed by atoms with van der Waals surface area (Å²) in [5.41, 5.74) is 5.24. The van der Waals surface area contributed by atoms with Gasteiger partial charge in [-0.2, -0.15) is 0 Å². The number of benzene rings is 1. The fourth-order valence-corrected chi connectivity index (χ4v) is 3.66. The Kier molecular flexibility index (Phi) is 4.80. The molecule has 5 nitrogen and oxygen atoms in total. The lowest BCUT2D eigenvalue weighted by atomic mass is 10.0. The van der Waals surface area contributed by atoms with Crippen LogP contribution in [-0.2, 0) is 10.0 Å². The first-order valence-corrected chi connectivity index (χ1v) is 8.24. The maximum absolute atomic E-state index is 13.7. The van der Waals surface area contributed by atoms with Crippen LogP contribution in [0.3, 0.4) is 0 Å². The molecule has 0 amide bonds. The molecule has 0 spiro atoms. The second kappa shape index (κ2) is 6.25. The Labute approximate surface area is 123 Å². The zero-order valence-corrected chi connectivity index (χ0v) is 12.6. The molecule has 1 aliphatic heterocycles. The summed E-state index contributed by atoms with van der Waals surface area (Å²) in [6, 6.07) is 1.73. The lowest BCUT2D eigenvalue weighted by molar-refractivity contribution is 0.187. The van der Waals surface area contributed by atoms with Gasteiger partial charge in [0.2, 0.25) is 10.0 Å². The van der Waals surface area contributed by atoms with Gasteiger partial charge in [-0.15, -0.1) is 0 Å². The maximum Gasteiger partial charge on any atom is 0.243 e. The van der Waals surface area contributed by atoms with Crippen molar-refractivity contribution in [3.63, 3.8) is 0 Å². The highest BCUT2D eigenvalue weighted by Gasteiger charge is 2.25. The van der Waals surface area contributed by atoms with Crippen LogP contribution in [-0.4, -0.2) is 39.5 Å². The summed E-state index contributed by atoms with van der Waals surface area (Å²) in [6.45, 7) is 1.06. The summed E-state index contributed by atoms with van der Waals surface area (Å²) in [7, 11) is -2.21. The Hall–Kier alpha value is -1.25. The number of halogens is 2. The summed E-state index contributed by atoms with van der Waals surface area (Å²) in [6.07, 6.45) is 2.97. The predicted molar refractivity (Wildman–Crippen MR) is 76.2 cm³/mol. The van der Waals surface area contributed by atoms with Gasteiger partial charge in [-0.25, -0.2) is 21.9 Å². The van der Waals surface area contributed by atoms with Crippen molar-refractivity contribution in [3.05, 3.63) is 23.8 Å². The average molecular weight is 319 g/mol. The molecule has 1 saturated heterocycles. The first kappa shape index (κ1) is 16.1. The zero-order chi connectivity index (χ0) is 15.6. The van der Waals surface area contributed by atoms with Gasteiger partial charge in [0.25, 0.3) is 0 Å². The molecule has 0 bridgehead atoms. The van der Waals surface area contributed by atoms with Crippen LogP contribution >= 0.6 is 0 Å². The van der Waals surface area contributed by atoms with Gasteiger partial charge in [0.1, 0.15) is 4.90 Å². The van der Waals surface area contributed by atoms with Crippen molar-refractivity contribution >= 4 is 15.7 Å². The van der Waals surface area contributed by atoms with E-state index in [-0.39, 0.29) is 18.3 Å². The number of likely N-dealkylation sites (N-methyl/N-ethyl adjacent to an activating group) is 1. The Morgan fingerprint density at radius 3 is 2.76 bits per heavy atom. The summed E-state index contributed by atoms with van der Waals surface area (Å²) in [5.74, 6) is -2.68. The lowest BCUT2D eigenvalue weighted by Gasteiger charge is -2.32. The van der Waals surface area contributed by atoms with Crippen molar-refractivity contribution in [2.45, 2.75) is 30.2 Å². The molecular weight excluding hydrogens is 300 g/mol. The maximum atomic E-state index is 13.7. The van der Waals surface area contributed by atoms with E-state index in [0.29, 0.717) is 0 Å². The molecule has 1 fully saturated rings. The number of rotatable bonds is 4. The van der Waals surface area contributed by atoms with Gasteiger partial charge >= 0.3 is 0 Å². The standard InChI is InChI=1S/C13H19F2N3O2S/c1-18-5-3-2-4-10(18)8-17-21(19,20)12-7-9(16)6-11(14)13(12)15/h6-7,10,17H,2-5,8,16H2,1H3. The van der Waals surface area contributed by atoms with Gasteiger partial charge < -0.3 is 10.6 Å². The summed E-state index contributed by atoms with van der Waals surface area (Å²) < 4.78 is 53.5. The van der Waals surface area contributed by atoms with Crippen molar-refractivity contribution < 1.29 is 17.2 Å². The minimum atomic E-state index is -4.13. The van der Waals surface area contributed by atoms with Gasteiger partial charge in [0, 0.05) is 18.3 Å². The minimum absolute atomic E-state index is 0.0579. The molecule has 2 rings (SSSR count). The van der Waals surface area contributed by atoms with E-state index in [2.05, 4.69) is 9.62 Å². The number of hydrogen-bond acceptors (Lipinski definition) is 4. The van der Waals surface area contributed by atoms with E-state index in [0.717, 1.165) is 37.9 Å². The molecule has 8 heteroatoms. The number of nitrogens with zero attached hydrogens (tertiary/aromatic N) is 1. The van der Waals surface area contributed by atoms with Gasteiger partial charge in [-0.1, -0.05) is 6.42 Å². The molecule has 118 valence electrons. The highest BCUT2D eigenvalue weighted by molar-refractivity contribution is 7.89. The number of anilines is 1. The van der Waals surface area contributed by atoms with Gasteiger partial charge in [-0.3, -0.25) is 0 Å². The van der Waals surface area contributed by atoms with Crippen LogP contribution in [0.5, 0.6) is 0 Å². The first-order chi connectivity index (χ1) is 9.81. The Morgan fingerprint density at radius 1 is 1.38 bits per heavy atom. The van der Waals surface area contributed by atoms with Crippen LogP contribution < -0.4 is 10.5 Å². The SMILES string of the molecule is CN1CCCCC1CNS(=O)(=O)c1cc(N)cc(F)c1F. The van der Waals surface area contributed by atoms with Crippen molar-refractivity contribution in [2.24, 2.45) is 0 Å². The average Bonchev–Trinajstić information content (AvgIpc) is 2.42. The number of nitrogen functional groups attached to an aromatic ring is 1. The van der Waals surface area contributed by atoms with E-state index < -0.39 is 26.6 Å². The van der Waals surface area contributed by atoms with E-state index >= 15 is 0 Å². The number of hydrogen-bond donors (Lipinski definition) is 2. The molecule has 1 aromatic carbocycles. The normalized spacial score (nSPS) is 20.6. The Balaban J connectivity index is 2.15. The molecular formula is C13H19F2N3O2S. The smallest absolute Gasteiger partial charge is 0.243 e. The molecule has 3 N–H and O–H groups in total. The molecule has 1 aliphatic rings. The van der Waals surface area contributed by atoms with Gasteiger partial charge in [0.15, 0.2) is 11.6 Å². The van der Waals surface area contributed by atoms with Crippen LogP contribution in [0.15, 0.2) is 17.0 Å². The minimum Gasteiger partial charge on any atom is -0.399 e.